The highest BCUT2D eigenvalue weighted by Gasteiger charge is 2.15. The van der Waals surface area contributed by atoms with Crippen LogP contribution in [0.5, 0.6) is 0 Å². The lowest BCUT2D eigenvalue weighted by Gasteiger charge is -2.21. The van der Waals surface area contributed by atoms with Gasteiger partial charge in [0.25, 0.3) is 5.91 Å². The van der Waals surface area contributed by atoms with Crippen LogP contribution in [0.4, 0.5) is 23.5 Å². The number of nitrogens with one attached hydrogen (secondary N) is 4. The van der Waals surface area contributed by atoms with Gasteiger partial charge in [-0.3, -0.25) is 9.78 Å². The largest absolute Gasteiger partial charge is 0.378 e. The summed E-state index contributed by atoms with van der Waals surface area (Å²) in [5.74, 6) is 1.90. The third-order valence-electron chi connectivity index (χ3n) is 6.87. The van der Waals surface area contributed by atoms with Crippen molar-refractivity contribution in [2.75, 3.05) is 68.6 Å². The first-order valence-corrected chi connectivity index (χ1v) is 14.8. The highest BCUT2D eigenvalue weighted by atomic mass is 16.5. The predicted octanol–water partition coefficient (Wildman–Crippen LogP) is 3.38. The van der Waals surface area contributed by atoms with Gasteiger partial charge in [-0.15, -0.1) is 0 Å². The van der Waals surface area contributed by atoms with Gasteiger partial charge in [0.15, 0.2) is 0 Å². The van der Waals surface area contributed by atoms with Crippen molar-refractivity contribution in [1.29, 1.82) is 0 Å². The normalized spacial score (nSPS) is 13.5. The molecule has 4 rings (SSSR count). The van der Waals surface area contributed by atoms with Gasteiger partial charge >= 0.3 is 0 Å². The van der Waals surface area contributed by atoms with Gasteiger partial charge in [0.1, 0.15) is 0 Å². The highest BCUT2D eigenvalue weighted by molar-refractivity contribution is 5.94. The molecule has 226 valence electrons. The van der Waals surface area contributed by atoms with Crippen LogP contribution in [0.3, 0.4) is 0 Å². The average molecular weight is 578 g/mol. The Balaban J connectivity index is 1.31. The predicted molar refractivity (Wildman–Crippen MR) is 164 cm³/mol. The number of carbonyl (C=O) groups is 1. The summed E-state index contributed by atoms with van der Waals surface area (Å²) in [5, 5.41) is 12.8. The number of pyridine rings is 1. The van der Waals surface area contributed by atoms with E-state index >= 15 is 0 Å². The molecular weight excluding hydrogens is 534 g/mol. The maximum absolute atomic E-state index is 12.5. The van der Waals surface area contributed by atoms with Crippen molar-refractivity contribution in [3.63, 3.8) is 0 Å². The number of hydrogen-bond donors (Lipinski definition) is 5. The van der Waals surface area contributed by atoms with Crippen LogP contribution in [-0.2, 0) is 15.9 Å². The fraction of sp³-hybridized carbons (Fsp3) is 0.500. The zero-order chi connectivity index (χ0) is 29.2. The van der Waals surface area contributed by atoms with E-state index in [1.54, 1.807) is 18.3 Å². The van der Waals surface area contributed by atoms with Crippen molar-refractivity contribution in [2.45, 2.75) is 38.5 Å². The van der Waals surface area contributed by atoms with E-state index < -0.39 is 0 Å². The van der Waals surface area contributed by atoms with Gasteiger partial charge in [-0.2, -0.15) is 15.0 Å². The Morgan fingerprint density at radius 2 is 1.57 bits per heavy atom. The van der Waals surface area contributed by atoms with Crippen LogP contribution in [0.25, 0.3) is 0 Å². The monoisotopic (exact) mass is 577 g/mol. The minimum Gasteiger partial charge on any atom is -0.378 e. The van der Waals surface area contributed by atoms with Gasteiger partial charge in [0, 0.05) is 55.7 Å². The first-order chi connectivity index (χ1) is 20.7. The number of benzene rings is 1. The van der Waals surface area contributed by atoms with E-state index in [9.17, 15) is 4.79 Å². The smallest absolute Gasteiger partial charge is 0.251 e. The molecule has 0 saturated heterocycles. The third kappa shape index (κ3) is 11.2. The Bertz CT molecular complexity index is 1190. The van der Waals surface area contributed by atoms with Gasteiger partial charge in [-0.05, 0) is 55.2 Å². The second kappa shape index (κ2) is 17.8. The number of amides is 1. The second-order valence-electron chi connectivity index (χ2n) is 10.2. The molecule has 0 aliphatic heterocycles. The van der Waals surface area contributed by atoms with E-state index in [-0.39, 0.29) is 5.91 Å². The molecule has 2 heterocycles. The third-order valence-corrected chi connectivity index (χ3v) is 6.87. The topological polar surface area (TPSA) is 161 Å². The summed E-state index contributed by atoms with van der Waals surface area (Å²) in [6.45, 7) is 4.26. The first-order valence-electron chi connectivity index (χ1n) is 14.8. The molecule has 0 radical (unpaired) electrons. The van der Waals surface area contributed by atoms with Gasteiger partial charge < -0.3 is 36.5 Å². The molecule has 42 heavy (non-hydrogen) atoms. The Morgan fingerprint density at radius 3 is 2.31 bits per heavy atom. The fourth-order valence-corrected chi connectivity index (χ4v) is 4.64. The molecule has 12 heteroatoms. The van der Waals surface area contributed by atoms with Crippen molar-refractivity contribution in [1.82, 2.24) is 25.3 Å². The molecule has 3 aromatic rings. The summed E-state index contributed by atoms with van der Waals surface area (Å²) in [5.41, 5.74) is 7.68. The lowest BCUT2D eigenvalue weighted by Crippen LogP contribution is -2.27. The zero-order valence-electron chi connectivity index (χ0n) is 24.2. The minimum absolute atomic E-state index is 0.168. The summed E-state index contributed by atoms with van der Waals surface area (Å²) < 4.78 is 10.7. The Hall–Kier alpha value is -3.87. The molecule has 2 aromatic heterocycles. The van der Waals surface area contributed by atoms with Crippen molar-refractivity contribution in [3.05, 3.63) is 59.9 Å². The van der Waals surface area contributed by atoms with Crippen LogP contribution in [0.1, 0.15) is 48.2 Å². The van der Waals surface area contributed by atoms with E-state index in [1.807, 2.05) is 30.3 Å². The molecule has 1 aliphatic carbocycles. The van der Waals surface area contributed by atoms with Crippen LogP contribution in [0.15, 0.2) is 48.7 Å². The van der Waals surface area contributed by atoms with E-state index in [2.05, 4.69) is 41.2 Å². The molecule has 0 unspecified atom stereocenters. The molecule has 0 atom stereocenters. The standard InChI is InChI=1S/C30H43N9O3/c31-14-18-41-20-21-42-19-17-33-27(40)24-9-11-26(12-10-24)36-30-38-28(34-16-13-25-8-4-5-15-32-25)37-29(39-30)35-22-23-6-2-1-3-7-23/h4-5,8-12,15,23H,1-3,6-7,13-14,16-22,31H2,(H,33,40)(H3,34,35,36,37,38,39). The van der Waals surface area contributed by atoms with Crippen LogP contribution in [-0.4, -0.2) is 78.4 Å². The Labute approximate surface area is 247 Å². The maximum Gasteiger partial charge on any atom is 0.251 e. The minimum atomic E-state index is -0.168. The Morgan fingerprint density at radius 1 is 0.833 bits per heavy atom. The van der Waals surface area contributed by atoms with Gasteiger partial charge in [-0.25, -0.2) is 0 Å². The van der Waals surface area contributed by atoms with Crippen molar-refractivity contribution in [3.8, 4) is 0 Å². The summed E-state index contributed by atoms with van der Waals surface area (Å²) in [7, 11) is 0. The van der Waals surface area contributed by atoms with Crippen molar-refractivity contribution >= 4 is 29.4 Å². The number of hydrogen-bond acceptors (Lipinski definition) is 11. The summed E-state index contributed by atoms with van der Waals surface area (Å²) in [4.78, 5) is 30.7. The summed E-state index contributed by atoms with van der Waals surface area (Å²) >= 11 is 0. The molecule has 1 aromatic carbocycles. The zero-order valence-corrected chi connectivity index (χ0v) is 24.2. The van der Waals surface area contributed by atoms with Crippen LogP contribution < -0.4 is 27.0 Å². The van der Waals surface area contributed by atoms with Crippen molar-refractivity contribution < 1.29 is 14.3 Å². The van der Waals surface area contributed by atoms with Gasteiger partial charge in [0.05, 0.1) is 26.4 Å². The van der Waals surface area contributed by atoms with E-state index in [1.165, 1.54) is 32.1 Å². The Kier molecular flexibility index (Phi) is 13.2. The summed E-state index contributed by atoms with van der Waals surface area (Å²) in [6, 6.07) is 13.1. The molecule has 1 saturated carbocycles. The number of aromatic nitrogens is 4. The number of carbonyl (C=O) groups excluding carboxylic acids is 1. The van der Waals surface area contributed by atoms with Crippen LogP contribution in [0.2, 0.25) is 0 Å². The number of anilines is 4. The second-order valence-corrected chi connectivity index (χ2v) is 10.2. The van der Waals surface area contributed by atoms with E-state index in [4.69, 9.17) is 15.2 Å². The molecular formula is C30H43N9O3. The lowest BCUT2D eigenvalue weighted by atomic mass is 9.89. The summed E-state index contributed by atoms with van der Waals surface area (Å²) in [6.07, 6.45) is 8.89. The molecule has 1 amide bonds. The molecule has 6 N–H and O–H groups in total. The highest BCUT2D eigenvalue weighted by Crippen LogP contribution is 2.24. The maximum atomic E-state index is 12.5. The number of ether oxygens (including phenoxy) is 2. The van der Waals surface area contributed by atoms with Crippen molar-refractivity contribution in [2.24, 2.45) is 11.7 Å². The number of nitrogens with two attached hydrogens (primary N) is 1. The van der Waals surface area contributed by atoms with Gasteiger partial charge in [-0.1, -0.05) is 25.3 Å². The first kappa shape index (κ1) is 31.1. The molecule has 0 spiro atoms. The molecule has 1 fully saturated rings. The van der Waals surface area contributed by atoms with E-state index in [0.717, 1.165) is 24.3 Å². The number of nitrogens with zero attached hydrogens (tertiary/aromatic N) is 4. The molecule has 12 nitrogen and oxygen atoms in total. The SMILES string of the molecule is NCCOCCOCCNC(=O)c1ccc(Nc2nc(NCCc3ccccn3)nc(NCC3CCCCC3)n2)cc1. The average Bonchev–Trinajstić information content (AvgIpc) is 3.02. The van der Waals surface area contributed by atoms with Crippen LogP contribution >= 0.6 is 0 Å². The molecule has 0 bridgehead atoms. The molecule has 1 aliphatic rings. The van der Waals surface area contributed by atoms with E-state index in [0.29, 0.717) is 75.4 Å². The number of rotatable bonds is 18. The quantitative estimate of drug-likeness (QED) is 0.141. The fourth-order valence-electron chi connectivity index (χ4n) is 4.64. The van der Waals surface area contributed by atoms with Crippen LogP contribution in [0, 0.1) is 5.92 Å². The van der Waals surface area contributed by atoms with Gasteiger partial charge in [0.2, 0.25) is 17.8 Å². The lowest BCUT2D eigenvalue weighted by molar-refractivity contribution is 0.0511.